The number of benzene rings is 1. The van der Waals surface area contributed by atoms with Crippen LogP contribution >= 0.6 is 23.6 Å². The van der Waals surface area contributed by atoms with Crippen molar-refractivity contribution in [3.63, 3.8) is 0 Å². The van der Waals surface area contributed by atoms with E-state index in [0.717, 1.165) is 36.1 Å². The van der Waals surface area contributed by atoms with Gasteiger partial charge in [-0.3, -0.25) is 14.9 Å². The quantitative estimate of drug-likeness (QED) is 0.521. The number of thiophene rings is 1. The number of carbonyl (C=O) groups excluding carboxylic acids is 3. The fourth-order valence-corrected chi connectivity index (χ4v) is 4.69. The van der Waals surface area contributed by atoms with E-state index in [2.05, 4.69) is 15.4 Å². The molecule has 0 radical (unpaired) electrons. The number of amides is 2. The molecule has 1 aliphatic carbocycles. The lowest BCUT2D eigenvalue weighted by Gasteiger charge is -2.12. The molecule has 2 aromatic rings. The average molecular weight is 418 g/mol. The topological polar surface area (TPSA) is 111 Å². The van der Waals surface area contributed by atoms with E-state index in [1.54, 1.807) is 18.2 Å². The first-order chi connectivity index (χ1) is 13.4. The molecule has 1 aliphatic rings. The van der Waals surface area contributed by atoms with Gasteiger partial charge in [-0.15, -0.1) is 11.3 Å². The van der Waals surface area contributed by atoms with Gasteiger partial charge in [0.25, 0.3) is 11.8 Å². The summed E-state index contributed by atoms with van der Waals surface area (Å²) < 4.78 is 4.66. The number of methoxy groups -OCH3 is 1. The molecule has 2 amide bonds. The highest BCUT2D eigenvalue weighted by Gasteiger charge is 2.24. The van der Waals surface area contributed by atoms with Crippen LogP contribution in [-0.4, -0.2) is 30.0 Å². The minimum atomic E-state index is -0.536. The summed E-state index contributed by atoms with van der Waals surface area (Å²) in [5.41, 5.74) is 7.51. The second-order valence-electron chi connectivity index (χ2n) is 6.26. The number of ether oxygens (including phenoxy) is 1. The number of hydrogen-bond donors (Lipinski definition) is 3. The van der Waals surface area contributed by atoms with Crippen molar-refractivity contribution in [1.29, 1.82) is 0 Å². The smallest absolute Gasteiger partial charge is 0.337 e. The molecule has 1 heterocycles. The number of primary amides is 1. The average Bonchev–Trinajstić information content (AvgIpc) is 3.05. The van der Waals surface area contributed by atoms with Gasteiger partial charge in [0.05, 0.1) is 18.2 Å². The van der Waals surface area contributed by atoms with E-state index >= 15 is 0 Å². The van der Waals surface area contributed by atoms with E-state index in [1.165, 1.54) is 24.5 Å². The Balaban J connectivity index is 1.74. The van der Waals surface area contributed by atoms with Crippen LogP contribution in [0.25, 0.3) is 0 Å². The number of thiocarbonyl (C=S) groups is 1. The monoisotopic (exact) mass is 417 g/mol. The molecule has 1 aromatic carbocycles. The summed E-state index contributed by atoms with van der Waals surface area (Å²) in [5, 5.41) is 6.08. The molecule has 0 atom stereocenters. The number of nitrogens with one attached hydrogen (secondary N) is 2. The molecular formula is C19H19N3O4S2. The zero-order valence-corrected chi connectivity index (χ0v) is 16.8. The molecule has 0 spiro atoms. The van der Waals surface area contributed by atoms with E-state index < -0.39 is 17.8 Å². The Morgan fingerprint density at radius 1 is 1.18 bits per heavy atom. The highest BCUT2D eigenvalue weighted by atomic mass is 32.1. The van der Waals surface area contributed by atoms with Crippen molar-refractivity contribution in [2.75, 3.05) is 12.4 Å². The lowest BCUT2D eigenvalue weighted by atomic mass is 9.95. The Morgan fingerprint density at radius 3 is 2.61 bits per heavy atom. The molecule has 0 saturated heterocycles. The Hall–Kier alpha value is -2.78. The summed E-state index contributed by atoms with van der Waals surface area (Å²) in [6.45, 7) is 0. The maximum Gasteiger partial charge on any atom is 0.337 e. The van der Waals surface area contributed by atoms with E-state index in [4.69, 9.17) is 18.0 Å². The van der Waals surface area contributed by atoms with E-state index in [1.807, 2.05) is 0 Å². The Kier molecular flexibility index (Phi) is 6.05. The number of rotatable bonds is 4. The van der Waals surface area contributed by atoms with E-state index in [0.29, 0.717) is 10.6 Å². The molecular weight excluding hydrogens is 398 g/mol. The van der Waals surface area contributed by atoms with E-state index in [-0.39, 0.29) is 16.2 Å². The first-order valence-electron chi connectivity index (χ1n) is 8.65. The maximum atomic E-state index is 12.4. The van der Waals surface area contributed by atoms with Crippen molar-refractivity contribution < 1.29 is 19.1 Å². The third-order valence-electron chi connectivity index (χ3n) is 4.42. The summed E-state index contributed by atoms with van der Waals surface area (Å²) in [5.74, 6) is -1.53. The predicted octanol–water partition coefficient (Wildman–Crippen LogP) is 2.64. The molecule has 1 aromatic heterocycles. The van der Waals surface area contributed by atoms with Crippen molar-refractivity contribution in [2.24, 2.45) is 5.73 Å². The minimum absolute atomic E-state index is 0.0505. The van der Waals surface area contributed by atoms with Crippen LogP contribution in [0.15, 0.2) is 24.3 Å². The third-order valence-corrected chi connectivity index (χ3v) is 5.83. The van der Waals surface area contributed by atoms with Gasteiger partial charge in [0, 0.05) is 10.4 Å². The molecule has 7 nitrogen and oxygen atoms in total. The summed E-state index contributed by atoms with van der Waals surface area (Å²) in [7, 11) is 1.27. The SMILES string of the molecule is COC(=O)c1cccc(C(=O)NC(=S)Nc2sc3c(c2C(N)=O)CCCC3)c1. The number of nitrogens with two attached hydrogens (primary N) is 1. The van der Waals surface area contributed by atoms with Crippen LogP contribution in [0.5, 0.6) is 0 Å². The number of hydrogen-bond acceptors (Lipinski definition) is 6. The number of aryl methyl sites for hydroxylation is 1. The fourth-order valence-electron chi connectivity index (χ4n) is 3.13. The highest BCUT2D eigenvalue weighted by Crippen LogP contribution is 2.37. The molecule has 3 rings (SSSR count). The van der Waals surface area contributed by atoms with Gasteiger partial charge in [0.15, 0.2) is 5.11 Å². The first-order valence-corrected chi connectivity index (χ1v) is 9.88. The number of esters is 1. The van der Waals surface area contributed by atoms with Crippen LogP contribution in [0.2, 0.25) is 0 Å². The van der Waals surface area contributed by atoms with Crippen LogP contribution in [0, 0.1) is 0 Å². The summed E-state index contributed by atoms with van der Waals surface area (Å²) >= 11 is 6.67. The largest absolute Gasteiger partial charge is 0.465 e. The van der Waals surface area contributed by atoms with Gasteiger partial charge in [-0.05, 0) is 61.7 Å². The molecule has 0 unspecified atom stereocenters. The molecule has 0 bridgehead atoms. The molecule has 0 fully saturated rings. The van der Waals surface area contributed by atoms with Gasteiger partial charge in [-0.2, -0.15) is 0 Å². The standard InChI is InChI=1S/C19H19N3O4S2/c1-26-18(25)11-6-4-5-10(9-11)16(24)21-19(27)22-17-14(15(20)23)12-7-2-3-8-13(12)28-17/h4-6,9H,2-3,7-8H2,1H3,(H2,20,23)(H2,21,22,24,27). The van der Waals surface area contributed by atoms with Gasteiger partial charge in [-0.25, -0.2) is 4.79 Å². The van der Waals surface area contributed by atoms with Crippen molar-refractivity contribution in [1.82, 2.24) is 5.32 Å². The minimum Gasteiger partial charge on any atom is -0.465 e. The first kappa shape index (κ1) is 20.0. The van der Waals surface area contributed by atoms with Crippen molar-refractivity contribution >= 4 is 51.5 Å². The normalized spacial score (nSPS) is 12.6. The predicted molar refractivity (Wildman–Crippen MR) is 111 cm³/mol. The molecule has 28 heavy (non-hydrogen) atoms. The van der Waals surface area contributed by atoms with Gasteiger partial charge in [0.2, 0.25) is 0 Å². The van der Waals surface area contributed by atoms with Crippen LogP contribution in [-0.2, 0) is 17.6 Å². The van der Waals surface area contributed by atoms with Crippen molar-refractivity contribution in [3.05, 3.63) is 51.4 Å². The lowest BCUT2D eigenvalue weighted by Crippen LogP contribution is -2.34. The Bertz CT molecular complexity index is 968. The molecule has 9 heteroatoms. The summed E-state index contributed by atoms with van der Waals surface area (Å²) in [4.78, 5) is 37.1. The van der Waals surface area contributed by atoms with Crippen LogP contribution in [0.4, 0.5) is 5.00 Å². The van der Waals surface area contributed by atoms with Crippen LogP contribution < -0.4 is 16.4 Å². The fraction of sp³-hybridized carbons (Fsp3) is 0.263. The van der Waals surface area contributed by atoms with Gasteiger partial charge >= 0.3 is 5.97 Å². The van der Waals surface area contributed by atoms with Crippen molar-refractivity contribution in [3.8, 4) is 0 Å². The van der Waals surface area contributed by atoms with Gasteiger partial charge in [-0.1, -0.05) is 6.07 Å². The molecule has 0 aliphatic heterocycles. The second-order valence-corrected chi connectivity index (χ2v) is 7.77. The summed E-state index contributed by atoms with van der Waals surface area (Å²) in [6, 6.07) is 6.11. The number of carbonyl (C=O) groups is 3. The van der Waals surface area contributed by atoms with Gasteiger partial charge in [0.1, 0.15) is 5.00 Å². The zero-order valence-electron chi connectivity index (χ0n) is 15.2. The third kappa shape index (κ3) is 4.20. The molecule has 0 saturated carbocycles. The van der Waals surface area contributed by atoms with Crippen LogP contribution in [0.1, 0.15) is 54.4 Å². The van der Waals surface area contributed by atoms with E-state index in [9.17, 15) is 14.4 Å². The van der Waals surface area contributed by atoms with Gasteiger partial charge < -0.3 is 15.8 Å². The van der Waals surface area contributed by atoms with Crippen molar-refractivity contribution in [2.45, 2.75) is 25.7 Å². The highest BCUT2D eigenvalue weighted by molar-refractivity contribution is 7.80. The Morgan fingerprint density at radius 2 is 1.89 bits per heavy atom. The maximum absolute atomic E-state index is 12.4. The second kappa shape index (κ2) is 8.49. The number of anilines is 1. The Labute approximate surface area is 171 Å². The van der Waals surface area contributed by atoms with Crippen LogP contribution in [0.3, 0.4) is 0 Å². The lowest BCUT2D eigenvalue weighted by molar-refractivity contribution is 0.0600. The molecule has 146 valence electrons. The molecule has 4 N–H and O–H groups in total. The summed E-state index contributed by atoms with van der Waals surface area (Å²) in [6.07, 6.45) is 3.80. The number of fused-ring (bicyclic) bond motifs is 1. The zero-order chi connectivity index (χ0) is 20.3.